The van der Waals surface area contributed by atoms with Crippen molar-refractivity contribution in [3.05, 3.63) is 47.8 Å². The first-order chi connectivity index (χ1) is 10.1. The number of pyridine rings is 1. The van der Waals surface area contributed by atoms with E-state index in [1.807, 2.05) is 19.9 Å². The van der Waals surface area contributed by atoms with Crippen LogP contribution in [0.3, 0.4) is 0 Å². The molecule has 0 bridgehead atoms. The highest BCUT2D eigenvalue weighted by Crippen LogP contribution is 2.15. The number of halogens is 1. The number of furan rings is 1. The van der Waals surface area contributed by atoms with Crippen molar-refractivity contribution in [3.63, 3.8) is 0 Å². The summed E-state index contributed by atoms with van der Waals surface area (Å²) in [6.07, 6.45) is 3.54. The molecule has 0 aromatic carbocycles. The van der Waals surface area contributed by atoms with Gasteiger partial charge in [0.15, 0.2) is 11.6 Å². The summed E-state index contributed by atoms with van der Waals surface area (Å²) in [7, 11) is 0. The van der Waals surface area contributed by atoms with Crippen LogP contribution in [-0.2, 0) is 6.42 Å². The first-order valence-electron chi connectivity index (χ1n) is 6.83. The summed E-state index contributed by atoms with van der Waals surface area (Å²) in [4.78, 5) is 16.0. The Morgan fingerprint density at radius 3 is 2.95 bits per heavy atom. The van der Waals surface area contributed by atoms with E-state index in [-0.39, 0.29) is 17.4 Å². The smallest absolute Gasteiger partial charge is 0.254 e. The van der Waals surface area contributed by atoms with Crippen LogP contribution in [0.2, 0.25) is 0 Å². The zero-order chi connectivity index (χ0) is 15.2. The zero-order valence-electron chi connectivity index (χ0n) is 12.0. The predicted octanol–water partition coefficient (Wildman–Crippen LogP) is 2.61. The molecule has 6 heteroatoms. The van der Waals surface area contributed by atoms with Crippen molar-refractivity contribution >= 4 is 11.7 Å². The number of hydrogen-bond donors (Lipinski definition) is 2. The molecule has 5 nitrogen and oxygen atoms in total. The third-order valence-electron chi connectivity index (χ3n) is 2.94. The molecule has 1 amide bonds. The first-order valence-corrected chi connectivity index (χ1v) is 6.83. The van der Waals surface area contributed by atoms with Crippen molar-refractivity contribution in [2.24, 2.45) is 0 Å². The molecule has 2 N–H and O–H groups in total. The molecule has 0 radical (unpaired) electrons. The topological polar surface area (TPSA) is 67.2 Å². The molecule has 21 heavy (non-hydrogen) atoms. The highest BCUT2D eigenvalue weighted by Gasteiger charge is 2.18. The third kappa shape index (κ3) is 3.81. The lowest BCUT2D eigenvalue weighted by molar-refractivity contribution is 0.0935. The number of aromatic nitrogens is 1. The van der Waals surface area contributed by atoms with Crippen molar-refractivity contribution < 1.29 is 13.6 Å². The van der Waals surface area contributed by atoms with Crippen LogP contribution in [0.25, 0.3) is 0 Å². The molecule has 112 valence electrons. The van der Waals surface area contributed by atoms with Crippen molar-refractivity contribution in [1.82, 2.24) is 10.3 Å². The summed E-state index contributed by atoms with van der Waals surface area (Å²) < 4.78 is 19.4. The average Bonchev–Trinajstić information content (AvgIpc) is 2.94. The van der Waals surface area contributed by atoms with Gasteiger partial charge in [0.2, 0.25) is 0 Å². The number of hydrogen-bond acceptors (Lipinski definition) is 4. The van der Waals surface area contributed by atoms with Gasteiger partial charge >= 0.3 is 0 Å². The highest BCUT2D eigenvalue weighted by atomic mass is 19.1. The number of carbonyl (C=O) groups excluding carboxylic acids is 1. The van der Waals surface area contributed by atoms with Gasteiger partial charge in [0, 0.05) is 25.2 Å². The molecule has 2 aromatic heterocycles. The van der Waals surface area contributed by atoms with Crippen molar-refractivity contribution in [1.29, 1.82) is 0 Å². The number of nitrogens with zero attached hydrogens (tertiary/aromatic N) is 1. The monoisotopic (exact) mass is 291 g/mol. The van der Waals surface area contributed by atoms with Gasteiger partial charge in [0.25, 0.3) is 5.91 Å². The lowest BCUT2D eigenvalue weighted by Gasteiger charge is -2.14. The summed E-state index contributed by atoms with van der Waals surface area (Å²) in [6.45, 7) is 4.20. The number of anilines is 1. The van der Waals surface area contributed by atoms with Crippen molar-refractivity contribution in [2.75, 3.05) is 11.9 Å². The molecule has 0 saturated heterocycles. The number of amides is 1. The lowest BCUT2D eigenvalue weighted by Crippen LogP contribution is -2.34. The maximum absolute atomic E-state index is 14.1. The molecule has 0 aliphatic rings. The predicted molar refractivity (Wildman–Crippen MR) is 77.7 cm³/mol. The second-order valence-corrected chi connectivity index (χ2v) is 4.71. The fraction of sp³-hybridized carbons (Fsp3) is 0.333. The quantitative estimate of drug-likeness (QED) is 0.858. The number of rotatable bonds is 6. The van der Waals surface area contributed by atoms with Crippen LogP contribution >= 0.6 is 0 Å². The summed E-state index contributed by atoms with van der Waals surface area (Å²) in [5.41, 5.74) is -0.0211. The fourth-order valence-corrected chi connectivity index (χ4v) is 1.99. The maximum atomic E-state index is 14.1. The largest absolute Gasteiger partial charge is 0.469 e. The van der Waals surface area contributed by atoms with E-state index in [2.05, 4.69) is 15.6 Å². The summed E-state index contributed by atoms with van der Waals surface area (Å²) in [5, 5.41) is 5.53. The highest BCUT2D eigenvalue weighted by molar-refractivity contribution is 5.95. The van der Waals surface area contributed by atoms with Crippen LogP contribution in [0.5, 0.6) is 0 Å². The van der Waals surface area contributed by atoms with Crippen LogP contribution in [0.4, 0.5) is 10.2 Å². The van der Waals surface area contributed by atoms with Gasteiger partial charge in [-0.15, -0.1) is 0 Å². The van der Waals surface area contributed by atoms with Crippen molar-refractivity contribution in [3.8, 4) is 0 Å². The SMILES string of the molecule is CCNc1nccc(C(=O)NC(C)Cc2ccco2)c1F. The molecule has 0 spiro atoms. The minimum absolute atomic E-state index is 0.0211. The molecule has 2 heterocycles. The second-order valence-electron chi connectivity index (χ2n) is 4.71. The van der Waals surface area contributed by atoms with Crippen LogP contribution < -0.4 is 10.6 Å². The van der Waals surface area contributed by atoms with E-state index in [9.17, 15) is 9.18 Å². The van der Waals surface area contributed by atoms with E-state index in [1.54, 1.807) is 12.3 Å². The van der Waals surface area contributed by atoms with Gasteiger partial charge in [-0.1, -0.05) is 0 Å². The van der Waals surface area contributed by atoms with Gasteiger partial charge < -0.3 is 15.1 Å². The second kappa shape index (κ2) is 6.88. The van der Waals surface area contributed by atoms with Gasteiger partial charge in [-0.25, -0.2) is 9.37 Å². The van der Waals surface area contributed by atoms with Gasteiger partial charge in [0.05, 0.1) is 11.8 Å². The van der Waals surface area contributed by atoms with Crippen LogP contribution in [0.15, 0.2) is 35.1 Å². The van der Waals surface area contributed by atoms with E-state index < -0.39 is 11.7 Å². The molecule has 2 rings (SSSR count). The van der Waals surface area contributed by atoms with E-state index in [0.29, 0.717) is 13.0 Å². The zero-order valence-corrected chi connectivity index (χ0v) is 12.0. The standard InChI is InChI=1S/C15H18FN3O2/c1-3-17-14-13(16)12(6-7-18-14)15(20)19-10(2)9-11-5-4-8-21-11/h4-8,10H,3,9H2,1-2H3,(H,17,18)(H,19,20). The summed E-state index contributed by atoms with van der Waals surface area (Å²) in [6, 6.07) is 4.82. The Morgan fingerprint density at radius 2 is 2.29 bits per heavy atom. The van der Waals surface area contributed by atoms with E-state index in [1.165, 1.54) is 12.3 Å². The molecule has 0 aliphatic heterocycles. The minimum Gasteiger partial charge on any atom is -0.469 e. The first kappa shape index (κ1) is 15.0. The maximum Gasteiger partial charge on any atom is 0.254 e. The Morgan fingerprint density at radius 1 is 1.48 bits per heavy atom. The summed E-state index contributed by atoms with van der Waals surface area (Å²) in [5.74, 6) is -0.245. The molecular weight excluding hydrogens is 273 g/mol. The molecule has 0 aliphatic carbocycles. The van der Waals surface area contributed by atoms with E-state index in [4.69, 9.17) is 4.42 Å². The Balaban J connectivity index is 2.04. The number of nitrogens with one attached hydrogen (secondary N) is 2. The van der Waals surface area contributed by atoms with Crippen LogP contribution in [0, 0.1) is 5.82 Å². The molecular formula is C15H18FN3O2. The normalized spacial score (nSPS) is 12.0. The average molecular weight is 291 g/mol. The Labute approximate surface area is 122 Å². The van der Waals surface area contributed by atoms with Crippen LogP contribution in [-0.4, -0.2) is 23.5 Å². The van der Waals surface area contributed by atoms with Gasteiger partial charge in [0.1, 0.15) is 5.76 Å². The Hall–Kier alpha value is -2.37. The molecule has 2 aromatic rings. The van der Waals surface area contributed by atoms with Gasteiger partial charge in [-0.05, 0) is 32.0 Å². The number of carbonyl (C=O) groups is 1. The minimum atomic E-state index is -0.637. The Kier molecular flexibility index (Phi) is 4.92. The van der Waals surface area contributed by atoms with Gasteiger partial charge in [-0.3, -0.25) is 4.79 Å². The lowest BCUT2D eigenvalue weighted by atomic mass is 10.1. The third-order valence-corrected chi connectivity index (χ3v) is 2.94. The van der Waals surface area contributed by atoms with E-state index in [0.717, 1.165) is 5.76 Å². The molecule has 0 fully saturated rings. The summed E-state index contributed by atoms with van der Waals surface area (Å²) >= 11 is 0. The fourth-order valence-electron chi connectivity index (χ4n) is 1.99. The Bertz CT molecular complexity index is 599. The molecule has 1 atom stereocenters. The van der Waals surface area contributed by atoms with E-state index >= 15 is 0 Å². The molecule has 1 unspecified atom stereocenters. The van der Waals surface area contributed by atoms with Crippen molar-refractivity contribution in [2.45, 2.75) is 26.3 Å². The molecule has 0 saturated carbocycles. The van der Waals surface area contributed by atoms with Crippen LogP contribution in [0.1, 0.15) is 30.0 Å². The van der Waals surface area contributed by atoms with Gasteiger partial charge in [-0.2, -0.15) is 0 Å².